The average molecular weight is 565 g/mol. The summed E-state index contributed by atoms with van der Waals surface area (Å²) in [6, 6.07) is 7.02. The highest BCUT2D eigenvalue weighted by atomic mass is 35.5. The predicted molar refractivity (Wildman–Crippen MR) is 151 cm³/mol. The van der Waals surface area contributed by atoms with E-state index in [4.69, 9.17) is 16.3 Å². The van der Waals surface area contributed by atoms with E-state index in [9.17, 15) is 14.4 Å². The molecule has 2 aromatic heterocycles. The van der Waals surface area contributed by atoms with E-state index in [-0.39, 0.29) is 24.1 Å². The molecule has 40 heavy (non-hydrogen) atoms. The third-order valence-electron chi connectivity index (χ3n) is 6.85. The average Bonchev–Trinajstić information content (AvgIpc) is 3.50. The highest BCUT2D eigenvalue weighted by Gasteiger charge is 2.32. The van der Waals surface area contributed by atoms with Crippen LogP contribution in [0.2, 0.25) is 5.02 Å². The van der Waals surface area contributed by atoms with Gasteiger partial charge in [0.25, 0.3) is 5.56 Å². The number of halogens is 1. The van der Waals surface area contributed by atoms with Crippen LogP contribution in [0.1, 0.15) is 67.0 Å². The molecule has 1 atom stereocenters. The third kappa shape index (κ3) is 6.12. The molecule has 10 nitrogen and oxygen atoms in total. The lowest BCUT2D eigenvalue weighted by atomic mass is 10.1. The van der Waals surface area contributed by atoms with Gasteiger partial charge < -0.3 is 15.4 Å². The van der Waals surface area contributed by atoms with Crippen LogP contribution < -0.4 is 16.2 Å². The molecule has 2 amide bonds. The largest absolute Gasteiger partial charge is 0.444 e. The summed E-state index contributed by atoms with van der Waals surface area (Å²) in [5, 5.41) is 6.73. The Morgan fingerprint density at radius 1 is 1.07 bits per heavy atom. The SMILES string of the molecule is Cc1cc(Cl)cc(CNc2cnc3n(c2=O)[C@H](C(=O)NCc2cnc4c(c2)CN(C(=O)OC(C)(C)C)C4)CC3)c1. The van der Waals surface area contributed by atoms with E-state index in [0.29, 0.717) is 49.0 Å². The van der Waals surface area contributed by atoms with Crippen LogP contribution in [-0.4, -0.2) is 37.0 Å². The van der Waals surface area contributed by atoms with Crippen molar-refractivity contribution in [3.05, 3.63) is 85.8 Å². The number of aryl methyl sites for hydroxylation is 2. The van der Waals surface area contributed by atoms with Crippen molar-refractivity contribution in [1.82, 2.24) is 24.8 Å². The Labute approximate surface area is 237 Å². The monoisotopic (exact) mass is 564 g/mol. The lowest BCUT2D eigenvalue weighted by molar-refractivity contribution is -0.124. The van der Waals surface area contributed by atoms with Gasteiger partial charge in [-0.3, -0.25) is 24.0 Å². The van der Waals surface area contributed by atoms with E-state index < -0.39 is 11.6 Å². The van der Waals surface area contributed by atoms with Crippen LogP contribution >= 0.6 is 11.6 Å². The molecule has 0 radical (unpaired) electrons. The summed E-state index contributed by atoms with van der Waals surface area (Å²) in [5.41, 5.74) is 4.02. The second-order valence-electron chi connectivity index (χ2n) is 11.3. The predicted octanol–water partition coefficient (Wildman–Crippen LogP) is 4.27. The van der Waals surface area contributed by atoms with Gasteiger partial charge in [-0.1, -0.05) is 17.7 Å². The molecule has 4 heterocycles. The van der Waals surface area contributed by atoms with Crippen molar-refractivity contribution >= 4 is 29.3 Å². The molecule has 0 fully saturated rings. The van der Waals surface area contributed by atoms with Gasteiger partial charge in [0.1, 0.15) is 23.2 Å². The number of benzene rings is 1. The second-order valence-corrected chi connectivity index (χ2v) is 11.7. The van der Waals surface area contributed by atoms with Gasteiger partial charge in [0.15, 0.2) is 0 Å². The standard InChI is InChI=1S/C29H33ClN6O4/c1-17-7-18(10-21(30)8-17)11-31-22-14-33-25-6-5-24(36(25)27(22)38)26(37)34-13-19-9-20-15-35(16-23(20)32-12-19)28(39)40-29(2,3)4/h7-10,12,14,24,31H,5-6,11,13,15-16H2,1-4H3,(H,34,37)/t24-/m0/s1. The number of carbonyl (C=O) groups excluding carboxylic acids is 2. The molecule has 0 saturated carbocycles. The van der Waals surface area contributed by atoms with Crippen molar-refractivity contribution < 1.29 is 14.3 Å². The number of fused-ring (bicyclic) bond motifs is 2. The number of ether oxygens (including phenoxy) is 1. The molecule has 0 spiro atoms. The van der Waals surface area contributed by atoms with Crippen LogP contribution in [0.4, 0.5) is 10.5 Å². The fourth-order valence-electron chi connectivity index (χ4n) is 5.05. The number of hydrogen-bond acceptors (Lipinski definition) is 7. The summed E-state index contributed by atoms with van der Waals surface area (Å²) in [5.74, 6) is 0.344. The fourth-order valence-corrected chi connectivity index (χ4v) is 5.37. The molecule has 0 aliphatic carbocycles. The maximum atomic E-state index is 13.3. The number of pyridine rings is 1. The number of hydrogen-bond donors (Lipinski definition) is 2. The van der Waals surface area contributed by atoms with Crippen LogP contribution in [0.15, 0.2) is 41.5 Å². The molecule has 2 N–H and O–H groups in total. The van der Waals surface area contributed by atoms with Gasteiger partial charge in [-0.15, -0.1) is 0 Å². The maximum absolute atomic E-state index is 13.3. The Morgan fingerprint density at radius 3 is 2.62 bits per heavy atom. The Morgan fingerprint density at radius 2 is 1.88 bits per heavy atom. The Balaban J connectivity index is 1.22. The van der Waals surface area contributed by atoms with Crippen LogP contribution in [0, 0.1) is 6.92 Å². The first-order valence-corrected chi connectivity index (χ1v) is 13.7. The Hall–Kier alpha value is -3.92. The van der Waals surface area contributed by atoms with E-state index in [1.807, 2.05) is 52.0 Å². The number of rotatable bonds is 6. The summed E-state index contributed by atoms with van der Waals surface area (Å²) >= 11 is 6.16. The minimum Gasteiger partial charge on any atom is -0.444 e. The number of amides is 2. The summed E-state index contributed by atoms with van der Waals surface area (Å²) in [6.07, 6.45) is 3.90. The fraction of sp³-hybridized carbons (Fsp3) is 0.414. The minimum absolute atomic E-state index is 0.249. The van der Waals surface area contributed by atoms with Crippen LogP contribution in [0.5, 0.6) is 0 Å². The zero-order valence-corrected chi connectivity index (χ0v) is 23.8. The van der Waals surface area contributed by atoms with Crippen molar-refractivity contribution in [1.29, 1.82) is 0 Å². The topological polar surface area (TPSA) is 118 Å². The van der Waals surface area contributed by atoms with Crippen LogP contribution in [-0.2, 0) is 42.1 Å². The lowest BCUT2D eigenvalue weighted by Crippen LogP contribution is -2.36. The molecule has 0 bridgehead atoms. The van der Waals surface area contributed by atoms with E-state index in [2.05, 4.69) is 20.6 Å². The number of aromatic nitrogens is 3. The molecule has 0 saturated heterocycles. The van der Waals surface area contributed by atoms with Crippen molar-refractivity contribution in [2.24, 2.45) is 0 Å². The minimum atomic E-state index is -0.643. The van der Waals surface area contributed by atoms with E-state index in [1.165, 1.54) is 10.8 Å². The number of carbonyl (C=O) groups is 2. The Bertz CT molecular complexity index is 1510. The van der Waals surface area contributed by atoms with Gasteiger partial charge in [-0.25, -0.2) is 9.78 Å². The molecular formula is C29H33ClN6O4. The van der Waals surface area contributed by atoms with Gasteiger partial charge in [-0.05, 0) is 74.6 Å². The van der Waals surface area contributed by atoms with Gasteiger partial charge in [-0.2, -0.15) is 0 Å². The molecule has 1 aromatic carbocycles. The second kappa shape index (κ2) is 10.9. The zero-order valence-electron chi connectivity index (χ0n) is 23.1. The van der Waals surface area contributed by atoms with Gasteiger partial charge in [0.05, 0.1) is 25.0 Å². The first-order chi connectivity index (χ1) is 19.0. The summed E-state index contributed by atoms with van der Waals surface area (Å²) in [4.78, 5) is 49.5. The summed E-state index contributed by atoms with van der Waals surface area (Å²) in [7, 11) is 0. The first-order valence-electron chi connectivity index (χ1n) is 13.3. The van der Waals surface area contributed by atoms with Gasteiger partial charge >= 0.3 is 6.09 Å². The summed E-state index contributed by atoms with van der Waals surface area (Å²) < 4.78 is 6.96. The van der Waals surface area contributed by atoms with Crippen molar-refractivity contribution in [2.45, 2.75) is 78.4 Å². The zero-order chi connectivity index (χ0) is 28.6. The van der Waals surface area contributed by atoms with Crippen molar-refractivity contribution in [2.75, 3.05) is 5.32 Å². The highest BCUT2D eigenvalue weighted by molar-refractivity contribution is 6.30. The quantitative estimate of drug-likeness (QED) is 0.459. The van der Waals surface area contributed by atoms with Crippen LogP contribution in [0.3, 0.4) is 0 Å². The van der Waals surface area contributed by atoms with E-state index >= 15 is 0 Å². The molecule has 5 rings (SSSR count). The lowest BCUT2D eigenvalue weighted by Gasteiger charge is -2.23. The van der Waals surface area contributed by atoms with Gasteiger partial charge in [0.2, 0.25) is 5.91 Å². The highest BCUT2D eigenvalue weighted by Crippen LogP contribution is 2.26. The van der Waals surface area contributed by atoms with Crippen molar-refractivity contribution in [3.63, 3.8) is 0 Å². The Kier molecular flexibility index (Phi) is 7.55. The molecule has 2 aliphatic heterocycles. The molecule has 3 aromatic rings. The third-order valence-corrected chi connectivity index (χ3v) is 7.07. The van der Waals surface area contributed by atoms with Crippen LogP contribution in [0.25, 0.3) is 0 Å². The number of anilines is 1. The van der Waals surface area contributed by atoms with Gasteiger partial charge in [0, 0.05) is 30.7 Å². The molecule has 0 unspecified atom stereocenters. The van der Waals surface area contributed by atoms with E-state index in [1.54, 1.807) is 11.1 Å². The molecule has 11 heteroatoms. The molecule has 210 valence electrons. The van der Waals surface area contributed by atoms with Crippen molar-refractivity contribution in [3.8, 4) is 0 Å². The molecular weight excluding hydrogens is 532 g/mol. The normalized spacial score (nSPS) is 15.9. The van der Waals surface area contributed by atoms with E-state index in [0.717, 1.165) is 27.9 Å². The smallest absolute Gasteiger partial charge is 0.410 e. The molecule has 2 aliphatic rings. The number of nitrogens with one attached hydrogen (secondary N) is 2. The summed E-state index contributed by atoms with van der Waals surface area (Å²) in [6.45, 7) is 8.91. The maximum Gasteiger partial charge on any atom is 0.410 e. The first kappa shape index (κ1) is 27.6. The number of nitrogens with zero attached hydrogens (tertiary/aromatic N) is 4.